The van der Waals surface area contributed by atoms with Crippen LogP contribution in [0.3, 0.4) is 0 Å². The molecule has 0 atom stereocenters. The minimum atomic E-state index is -0.190. The first-order valence-electron chi connectivity index (χ1n) is 7.60. The van der Waals surface area contributed by atoms with E-state index >= 15 is 0 Å². The van der Waals surface area contributed by atoms with E-state index in [-0.39, 0.29) is 17.9 Å². The molecule has 122 valence electrons. The van der Waals surface area contributed by atoms with Gasteiger partial charge in [-0.25, -0.2) is 0 Å². The van der Waals surface area contributed by atoms with E-state index < -0.39 is 0 Å². The van der Waals surface area contributed by atoms with Gasteiger partial charge >= 0.3 is 0 Å². The topological polar surface area (TPSA) is 85.0 Å². The van der Waals surface area contributed by atoms with Crippen molar-refractivity contribution in [1.29, 1.82) is 0 Å². The molecule has 8 heteroatoms. The lowest BCUT2D eigenvalue weighted by Gasteiger charge is -2.26. The maximum absolute atomic E-state index is 12.5. The second kappa shape index (κ2) is 5.86. The molecule has 3 heterocycles. The third-order valence-corrected chi connectivity index (χ3v) is 3.67. The Morgan fingerprint density at radius 1 is 1.22 bits per heavy atom. The molecule has 0 bridgehead atoms. The van der Waals surface area contributed by atoms with E-state index in [1.807, 2.05) is 13.8 Å². The molecule has 1 aliphatic rings. The van der Waals surface area contributed by atoms with Crippen molar-refractivity contribution in [2.75, 3.05) is 6.54 Å². The zero-order chi connectivity index (χ0) is 16.6. The Hall–Kier alpha value is -2.64. The third kappa shape index (κ3) is 3.10. The molecular weight excluding hydrogens is 296 g/mol. The van der Waals surface area contributed by atoms with Crippen molar-refractivity contribution in [2.45, 2.75) is 33.0 Å². The minimum Gasteiger partial charge on any atom is -0.348 e. The average molecular weight is 316 g/mol. The zero-order valence-electron chi connectivity index (χ0n) is 13.5. The van der Waals surface area contributed by atoms with E-state index in [0.717, 1.165) is 5.69 Å². The number of amides is 2. The number of nitrogens with zero attached hydrogens (tertiary/aromatic N) is 5. The Bertz CT molecular complexity index is 745. The predicted octanol–water partition coefficient (Wildman–Crippen LogP) is 0.411. The van der Waals surface area contributed by atoms with Crippen molar-refractivity contribution < 1.29 is 9.59 Å². The molecule has 2 aromatic rings. The van der Waals surface area contributed by atoms with E-state index in [1.165, 1.54) is 0 Å². The number of nitrogens with one attached hydrogen (secondary N) is 1. The molecule has 23 heavy (non-hydrogen) atoms. The Morgan fingerprint density at radius 3 is 2.65 bits per heavy atom. The van der Waals surface area contributed by atoms with Crippen LogP contribution in [-0.4, -0.2) is 48.9 Å². The van der Waals surface area contributed by atoms with Gasteiger partial charge in [0.2, 0.25) is 0 Å². The van der Waals surface area contributed by atoms with Gasteiger partial charge in [0.1, 0.15) is 5.69 Å². The fourth-order valence-electron chi connectivity index (χ4n) is 2.58. The predicted molar refractivity (Wildman–Crippen MR) is 82.8 cm³/mol. The number of hydrogen-bond acceptors (Lipinski definition) is 4. The average Bonchev–Trinajstić information content (AvgIpc) is 3.11. The Balaban J connectivity index is 1.74. The van der Waals surface area contributed by atoms with Crippen LogP contribution < -0.4 is 5.32 Å². The Labute approximate surface area is 134 Å². The number of carbonyl (C=O) groups is 2. The normalized spacial score (nSPS) is 14.0. The van der Waals surface area contributed by atoms with Gasteiger partial charge < -0.3 is 10.2 Å². The quantitative estimate of drug-likeness (QED) is 0.889. The second-order valence-corrected chi connectivity index (χ2v) is 5.97. The van der Waals surface area contributed by atoms with Gasteiger partial charge in [0.25, 0.3) is 11.8 Å². The number of aryl methyl sites for hydroxylation is 1. The van der Waals surface area contributed by atoms with E-state index in [1.54, 1.807) is 39.6 Å². The number of hydrogen-bond donors (Lipinski definition) is 1. The molecule has 0 aliphatic carbocycles. The van der Waals surface area contributed by atoms with Crippen molar-refractivity contribution >= 4 is 11.8 Å². The molecule has 0 radical (unpaired) electrons. The fourth-order valence-corrected chi connectivity index (χ4v) is 2.58. The monoisotopic (exact) mass is 316 g/mol. The lowest BCUT2D eigenvalue weighted by atomic mass is 10.2. The number of aromatic nitrogens is 4. The van der Waals surface area contributed by atoms with E-state index in [2.05, 4.69) is 15.5 Å². The molecule has 0 aromatic carbocycles. The highest BCUT2D eigenvalue weighted by molar-refractivity contribution is 5.93. The summed E-state index contributed by atoms with van der Waals surface area (Å²) in [5, 5.41) is 11.3. The molecule has 2 aromatic heterocycles. The van der Waals surface area contributed by atoms with E-state index in [0.29, 0.717) is 31.0 Å². The van der Waals surface area contributed by atoms with Gasteiger partial charge in [-0.1, -0.05) is 0 Å². The molecule has 8 nitrogen and oxygen atoms in total. The number of rotatable bonds is 3. The van der Waals surface area contributed by atoms with Crippen molar-refractivity contribution in [1.82, 2.24) is 29.8 Å². The molecule has 0 unspecified atom stereocenters. The summed E-state index contributed by atoms with van der Waals surface area (Å²) in [6, 6.07) is 3.51. The molecule has 3 rings (SSSR count). The summed E-state index contributed by atoms with van der Waals surface area (Å²) in [6.45, 7) is 5.36. The molecule has 1 N–H and O–H groups in total. The van der Waals surface area contributed by atoms with E-state index in [4.69, 9.17) is 0 Å². The molecule has 0 saturated heterocycles. The van der Waals surface area contributed by atoms with Crippen LogP contribution in [0.5, 0.6) is 0 Å². The van der Waals surface area contributed by atoms with Crippen LogP contribution in [0.2, 0.25) is 0 Å². The smallest absolute Gasteiger partial charge is 0.274 e. The van der Waals surface area contributed by atoms with Crippen molar-refractivity contribution in [3.05, 3.63) is 35.4 Å². The van der Waals surface area contributed by atoms with Crippen LogP contribution in [0.4, 0.5) is 0 Å². The summed E-state index contributed by atoms with van der Waals surface area (Å²) in [4.78, 5) is 26.2. The van der Waals surface area contributed by atoms with Gasteiger partial charge in [0, 0.05) is 25.8 Å². The minimum absolute atomic E-state index is 0.0588. The van der Waals surface area contributed by atoms with Crippen LogP contribution in [0.15, 0.2) is 18.3 Å². The summed E-state index contributed by atoms with van der Waals surface area (Å²) in [7, 11) is 1.78. The summed E-state index contributed by atoms with van der Waals surface area (Å²) in [6.07, 6.45) is 1.75. The summed E-state index contributed by atoms with van der Waals surface area (Å²) < 4.78 is 3.40. The lowest BCUT2D eigenvalue weighted by molar-refractivity contribution is 0.0698. The van der Waals surface area contributed by atoms with Crippen LogP contribution >= 0.6 is 0 Å². The molecule has 0 saturated carbocycles. The van der Waals surface area contributed by atoms with Crippen molar-refractivity contribution in [3.8, 4) is 0 Å². The highest BCUT2D eigenvalue weighted by atomic mass is 16.2. The van der Waals surface area contributed by atoms with Gasteiger partial charge in [-0.3, -0.25) is 19.0 Å². The van der Waals surface area contributed by atoms with Gasteiger partial charge in [0.05, 0.1) is 18.8 Å². The van der Waals surface area contributed by atoms with Gasteiger partial charge in [0.15, 0.2) is 5.69 Å². The van der Waals surface area contributed by atoms with Crippen LogP contribution in [0.25, 0.3) is 0 Å². The Morgan fingerprint density at radius 2 is 2.00 bits per heavy atom. The van der Waals surface area contributed by atoms with Crippen LogP contribution in [0.1, 0.15) is 40.5 Å². The largest absolute Gasteiger partial charge is 0.348 e. The van der Waals surface area contributed by atoms with Crippen molar-refractivity contribution in [2.24, 2.45) is 7.05 Å². The highest BCUT2D eigenvalue weighted by Crippen LogP contribution is 2.16. The fraction of sp³-hybridized carbons (Fsp3) is 0.467. The first-order valence-corrected chi connectivity index (χ1v) is 7.60. The number of carbonyl (C=O) groups excluding carboxylic acids is 2. The molecular formula is C15H20N6O2. The zero-order valence-corrected chi connectivity index (χ0v) is 13.5. The summed E-state index contributed by atoms with van der Waals surface area (Å²) in [5.74, 6) is -0.296. The second-order valence-electron chi connectivity index (χ2n) is 5.97. The number of fused-ring (bicyclic) bond motifs is 1. The SMILES string of the molecule is CC(C)NC(=O)c1cc2n(n1)CCN(C(=O)c1ccn(C)n1)C2. The lowest BCUT2D eigenvalue weighted by Crippen LogP contribution is -2.38. The molecule has 2 amide bonds. The molecule has 0 fully saturated rings. The summed E-state index contributed by atoms with van der Waals surface area (Å²) in [5.41, 5.74) is 1.67. The Kier molecular flexibility index (Phi) is 3.89. The van der Waals surface area contributed by atoms with Crippen LogP contribution in [0, 0.1) is 0 Å². The van der Waals surface area contributed by atoms with Gasteiger partial charge in [-0.2, -0.15) is 10.2 Å². The first kappa shape index (κ1) is 15.3. The van der Waals surface area contributed by atoms with Crippen molar-refractivity contribution in [3.63, 3.8) is 0 Å². The molecule has 1 aliphatic heterocycles. The first-order chi connectivity index (χ1) is 10.9. The maximum atomic E-state index is 12.5. The summed E-state index contributed by atoms with van der Waals surface area (Å²) >= 11 is 0. The maximum Gasteiger partial charge on any atom is 0.274 e. The third-order valence-electron chi connectivity index (χ3n) is 3.67. The highest BCUT2D eigenvalue weighted by Gasteiger charge is 2.25. The molecule has 0 spiro atoms. The van der Waals surface area contributed by atoms with E-state index in [9.17, 15) is 9.59 Å². The van der Waals surface area contributed by atoms with Crippen LogP contribution in [-0.2, 0) is 20.1 Å². The van der Waals surface area contributed by atoms with Gasteiger partial charge in [-0.05, 0) is 26.0 Å². The van der Waals surface area contributed by atoms with Gasteiger partial charge in [-0.15, -0.1) is 0 Å². The standard InChI is InChI=1S/C15H20N6O2/c1-10(2)16-14(22)13-8-11-9-20(6-7-21(11)18-13)15(23)12-4-5-19(3)17-12/h4-5,8,10H,6-7,9H2,1-3H3,(H,16,22).